The number of anilines is 2. The highest BCUT2D eigenvalue weighted by Crippen LogP contribution is 2.24. The quantitative estimate of drug-likeness (QED) is 0.932. The van der Waals surface area contributed by atoms with Gasteiger partial charge in [0.1, 0.15) is 0 Å². The Kier molecular flexibility index (Phi) is 4.84. The number of nitrogens with zero attached hydrogens (tertiary/aromatic N) is 1. The van der Waals surface area contributed by atoms with Crippen LogP contribution in [0.3, 0.4) is 0 Å². The summed E-state index contributed by atoms with van der Waals surface area (Å²) in [6, 6.07) is 13.0. The first-order chi connectivity index (χ1) is 11.1. The molecule has 0 aliphatic carbocycles. The minimum atomic E-state index is -0.135. The predicted molar refractivity (Wildman–Crippen MR) is 93.6 cm³/mol. The van der Waals surface area contributed by atoms with Gasteiger partial charge in [-0.15, -0.1) is 0 Å². The number of halogens is 1. The van der Waals surface area contributed by atoms with E-state index >= 15 is 0 Å². The average Bonchev–Trinajstić information content (AvgIpc) is 2.58. The van der Waals surface area contributed by atoms with E-state index in [-0.39, 0.29) is 5.91 Å². The molecule has 23 heavy (non-hydrogen) atoms. The smallest absolute Gasteiger partial charge is 0.255 e. The van der Waals surface area contributed by atoms with Crippen LogP contribution in [0.2, 0.25) is 5.02 Å². The maximum Gasteiger partial charge on any atom is 0.255 e. The Hall–Kier alpha value is -2.04. The minimum absolute atomic E-state index is 0.135. The summed E-state index contributed by atoms with van der Waals surface area (Å²) in [5.41, 5.74) is 3.55. The van der Waals surface area contributed by atoms with Crippen LogP contribution >= 0.6 is 11.6 Å². The summed E-state index contributed by atoms with van der Waals surface area (Å²) >= 11 is 5.86. The zero-order chi connectivity index (χ0) is 16.2. The number of hydrogen-bond donors (Lipinski definition) is 1. The molecule has 1 amide bonds. The molecule has 3 rings (SSSR count). The Balaban J connectivity index is 1.78. The maximum absolute atomic E-state index is 12.4. The van der Waals surface area contributed by atoms with Crippen molar-refractivity contribution in [2.75, 3.05) is 36.5 Å². The fraction of sp³-hybridized carbons (Fsp3) is 0.278. The molecule has 2 aromatic carbocycles. The normalized spacial score (nSPS) is 14.6. The molecule has 0 aromatic heterocycles. The topological polar surface area (TPSA) is 41.6 Å². The van der Waals surface area contributed by atoms with Crippen LogP contribution in [0.4, 0.5) is 11.4 Å². The molecule has 0 spiro atoms. The SMILES string of the molecule is Cc1ccc(N2CCOCC2)cc1NC(=O)c1ccc(Cl)cc1. The second-order valence-corrected chi connectivity index (χ2v) is 6.00. The van der Waals surface area contributed by atoms with Crippen molar-refractivity contribution in [3.63, 3.8) is 0 Å². The first-order valence-corrected chi connectivity index (χ1v) is 8.01. The third-order valence-electron chi connectivity index (χ3n) is 3.95. The van der Waals surface area contributed by atoms with Crippen molar-refractivity contribution >= 4 is 28.9 Å². The highest BCUT2D eigenvalue weighted by atomic mass is 35.5. The number of rotatable bonds is 3. The zero-order valence-electron chi connectivity index (χ0n) is 13.0. The Morgan fingerprint density at radius 1 is 1.13 bits per heavy atom. The molecule has 1 fully saturated rings. The molecule has 5 heteroatoms. The first-order valence-electron chi connectivity index (χ1n) is 7.64. The number of ether oxygens (including phenoxy) is 1. The van der Waals surface area contributed by atoms with Gasteiger partial charge in [-0.1, -0.05) is 17.7 Å². The lowest BCUT2D eigenvalue weighted by molar-refractivity contribution is 0.102. The van der Waals surface area contributed by atoms with Crippen LogP contribution in [0.15, 0.2) is 42.5 Å². The molecule has 0 bridgehead atoms. The van der Waals surface area contributed by atoms with Crippen LogP contribution in [-0.4, -0.2) is 32.2 Å². The minimum Gasteiger partial charge on any atom is -0.378 e. The molecule has 1 aliphatic heterocycles. The zero-order valence-corrected chi connectivity index (χ0v) is 13.8. The van der Waals surface area contributed by atoms with Crippen LogP contribution in [-0.2, 0) is 4.74 Å². The third kappa shape index (κ3) is 3.84. The van der Waals surface area contributed by atoms with E-state index in [4.69, 9.17) is 16.3 Å². The average molecular weight is 331 g/mol. The van der Waals surface area contributed by atoms with Crippen molar-refractivity contribution in [3.05, 3.63) is 58.6 Å². The van der Waals surface area contributed by atoms with Crippen molar-refractivity contribution < 1.29 is 9.53 Å². The van der Waals surface area contributed by atoms with Crippen molar-refractivity contribution in [2.45, 2.75) is 6.92 Å². The van der Waals surface area contributed by atoms with Gasteiger partial charge in [0.25, 0.3) is 5.91 Å². The van der Waals surface area contributed by atoms with Crippen molar-refractivity contribution in [3.8, 4) is 0 Å². The summed E-state index contributed by atoms with van der Waals surface area (Å²) in [7, 11) is 0. The molecule has 0 unspecified atom stereocenters. The van der Waals surface area contributed by atoms with Gasteiger partial charge in [0.05, 0.1) is 13.2 Å². The van der Waals surface area contributed by atoms with Crippen LogP contribution in [0.25, 0.3) is 0 Å². The van der Waals surface area contributed by atoms with E-state index in [1.807, 2.05) is 19.1 Å². The predicted octanol–water partition coefficient (Wildman–Crippen LogP) is 3.74. The molecule has 4 nitrogen and oxygen atoms in total. The lowest BCUT2D eigenvalue weighted by Gasteiger charge is -2.29. The fourth-order valence-electron chi connectivity index (χ4n) is 2.56. The van der Waals surface area contributed by atoms with Crippen molar-refractivity contribution in [1.82, 2.24) is 0 Å². The van der Waals surface area contributed by atoms with E-state index in [9.17, 15) is 4.79 Å². The third-order valence-corrected chi connectivity index (χ3v) is 4.20. The molecule has 1 aliphatic rings. The number of nitrogens with one attached hydrogen (secondary N) is 1. The van der Waals surface area contributed by atoms with E-state index in [2.05, 4.69) is 16.3 Å². The maximum atomic E-state index is 12.4. The molecule has 1 N–H and O–H groups in total. The Bertz CT molecular complexity index is 695. The lowest BCUT2D eigenvalue weighted by Crippen LogP contribution is -2.36. The highest BCUT2D eigenvalue weighted by molar-refractivity contribution is 6.30. The molecule has 1 saturated heterocycles. The van der Waals surface area contributed by atoms with E-state index in [0.717, 1.165) is 43.2 Å². The van der Waals surface area contributed by atoms with E-state index in [1.165, 1.54) is 0 Å². The van der Waals surface area contributed by atoms with Gasteiger partial charge >= 0.3 is 0 Å². The van der Waals surface area contributed by atoms with E-state index in [0.29, 0.717) is 10.6 Å². The number of morpholine rings is 1. The summed E-state index contributed by atoms with van der Waals surface area (Å²) in [4.78, 5) is 14.6. The molecule has 1 heterocycles. The van der Waals surface area contributed by atoms with Crippen LogP contribution in [0.1, 0.15) is 15.9 Å². The lowest BCUT2D eigenvalue weighted by atomic mass is 10.1. The molecular weight excluding hydrogens is 312 g/mol. The van der Waals surface area contributed by atoms with E-state index in [1.54, 1.807) is 24.3 Å². The summed E-state index contributed by atoms with van der Waals surface area (Å²) in [5, 5.41) is 3.60. The second kappa shape index (κ2) is 7.02. The number of benzene rings is 2. The summed E-state index contributed by atoms with van der Waals surface area (Å²) in [6.07, 6.45) is 0. The first kappa shape index (κ1) is 15.8. The van der Waals surface area contributed by atoms with Gasteiger partial charge in [-0.2, -0.15) is 0 Å². The summed E-state index contributed by atoms with van der Waals surface area (Å²) in [5.74, 6) is -0.135. The van der Waals surface area contributed by atoms with Crippen LogP contribution in [0.5, 0.6) is 0 Å². The molecule has 0 saturated carbocycles. The van der Waals surface area contributed by atoms with Gasteiger partial charge in [0.2, 0.25) is 0 Å². The monoisotopic (exact) mass is 330 g/mol. The van der Waals surface area contributed by atoms with Gasteiger partial charge in [0, 0.05) is 35.1 Å². The Morgan fingerprint density at radius 3 is 2.52 bits per heavy atom. The van der Waals surface area contributed by atoms with Crippen molar-refractivity contribution in [2.24, 2.45) is 0 Å². The van der Waals surface area contributed by atoms with Gasteiger partial charge in [0.15, 0.2) is 0 Å². The van der Waals surface area contributed by atoms with Crippen LogP contribution in [0, 0.1) is 6.92 Å². The second-order valence-electron chi connectivity index (χ2n) is 5.56. The van der Waals surface area contributed by atoms with Crippen molar-refractivity contribution in [1.29, 1.82) is 0 Å². The standard InChI is InChI=1S/C18H19ClN2O2/c1-13-2-7-16(21-8-10-23-11-9-21)12-17(13)20-18(22)14-3-5-15(19)6-4-14/h2-7,12H,8-11H2,1H3,(H,20,22). The van der Waals surface area contributed by atoms with Gasteiger partial charge in [-0.25, -0.2) is 0 Å². The van der Waals surface area contributed by atoms with Gasteiger partial charge in [-0.05, 0) is 48.9 Å². The fourth-order valence-corrected chi connectivity index (χ4v) is 2.68. The number of aryl methyl sites for hydroxylation is 1. The summed E-state index contributed by atoms with van der Waals surface area (Å²) < 4.78 is 5.39. The number of carbonyl (C=O) groups is 1. The number of amides is 1. The molecule has 0 atom stereocenters. The molecular formula is C18H19ClN2O2. The number of hydrogen-bond acceptors (Lipinski definition) is 3. The Labute approximate surface area is 141 Å². The van der Waals surface area contributed by atoms with E-state index < -0.39 is 0 Å². The molecule has 2 aromatic rings. The van der Waals surface area contributed by atoms with Gasteiger partial charge in [-0.3, -0.25) is 4.79 Å². The van der Waals surface area contributed by atoms with Gasteiger partial charge < -0.3 is 15.0 Å². The summed E-state index contributed by atoms with van der Waals surface area (Å²) in [6.45, 7) is 5.20. The number of carbonyl (C=O) groups excluding carboxylic acids is 1. The Morgan fingerprint density at radius 2 is 1.83 bits per heavy atom. The van der Waals surface area contributed by atoms with Crippen LogP contribution < -0.4 is 10.2 Å². The molecule has 120 valence electrons. The highest BCUT2D eigenvalue weighted by Gasteiger charge is 2.14. The molecule has 0 radical (unpaired) electrons. The largest absolute Gasteiger partial charge is 0.378 e.